The number of anilines is 1. The highest BCUT2D eigenvalue weighted by Gasteiger charge is 2.19. The number of nitrogens with one attached hydrogen (secondary N) is 1. The van der Waals surface area contributed by atoms with Gasteiger partial charge in [0, 0.05) is 4.88 Å². The summed E-state index contributed by atoms with van der Waals surface area (Å²) < 4.78 is 4.89. The third kappa shape index (κ3) is 4.36. The van der Waals surface area contributed by atoms with E-state index in [-0.39, 0.29) is 12.2 Å². The third-order valence-electron chi connectivity index (χ3n) is 2.19. The fourth-order valence-corrected chi connectivity index (χ4v) is 2.38. The number of thiophene rings is 1. The lowest BCUT2D eigenvalue weighted by atomic mass is 10.2. The van der Waals surface area contributed by atoms with Gasteiger partial charge in [-0.1, -0.05) is 6.92 Å². The summed E-state index contributed by atoms with van der Waals surface area (Å²) in [5.41, 5.74) is 0.266. The second kappa shape index (κ2) is 6.89. The summed E-state index contributed by atoms with van der Waals surface area (Å²) >= 11 is 1.24. The number of aliphatic carboxylic acids is 1. The largest absolute Gasteiger partial charge is 0.481 e. The fourth-order valence-electron chi connectivity index (χ4n) is 1.38. The first-order chi connectivity index (χ1) is 8.97. The second-order valence-electron chi connectivity index (χ2n) is 3.65. The van der Waals surface area contributed by atoms with Crippen molar-refractivity contribution < 1.29 is 24.2 Å². The molecule has 6 nitrogen and oxygen atoms in total. The van der Waals surface area contributed by atoms with E-state index in [1.807, 2.05) is 6.92 Å². The van der Waals surface area contributed by atoms with Gasteiger partial charge in [0.05, 0.1) is 12.2 Å². The SMILES string of the molecule is CCOC(=O)c1cc(CC)sc1NC(=O)CC(=O)O. The quantitative estimate of drug-likeness (QED) is 0.615. The number of amides is 1. The van der Waals surface area contributed by atoms with Crippen LogP contribution >= 0.6 is 11.3 Å². The van der Waals surface area contributed by atoms with E-state index in [1.165, 1.54) is 11.3 Å². The lowest BCUT2D eigenvalue weighted by Gasteiger charge is -2.04. The molecule has 0 aliphatic rings. The van der Waals surface area contributed by atoms with Gasteiger partial charge in [0.1, 0.15) is 11.4 Å². The van der Waals surface area contributed by atoms with Gasteiger partial charge in [0.25, 0.3) is 0 Å². The summed E-state index contributed by atoms with van der Waals surface area (Å²) in [6.45, 7) is 3.84. The molecular weight excluding hydrogens is 270 g/mol. The molecule has 0 spiro atoms. The van der Waals surface area contributed by atoms with Crippen LogP contribution in [0.1, 0.15) is 35.5 Å². The first-order valence-corrected chi connectivity index (χ1v) is 6.61. The van der Waals surface area contributed by atoms with Crippen molar-refractivity contribution in [1.29, 1.82) is 0 Å². The lowest BCUT2D eigenvalue weighted by Crippen LogP contribution is -2.17. The minimum Gasteiger partial charge on any atom is -0.481 e. The molecule has 1 heterocycles. The van der Waals surface area contributed by atoms with Gasteiger partial charge in [-0.3, -0.25) is 9.59 Å². The molecule has 0 saturated heterocycles. The van der Waals surface area contributed by atoms with Crippen LogP contribution in [0, 0.1) is 0 Å². The van der Waals surface area contributed by atoms with E-state index in [0.717, 1.165) is 4.88 Å². The van der Waals surface area contributed by atoms with Crippen molar-refractivity contribution in [2.75, 3.05) is 11.9 Å². The van der Waals surface area contributed by atoms with Crippen LogP contribution in [0.2, 0.25) is 0 Å². The Morgan fingerprint density at radius 3 is 2.58 bits per heavy atom. The molecule has 0 aliphatic heterocycles. The van der Waals surface area contributed by atoms with Crippen molar-refractivity contribution in [2.45, 2.75) is 26.7 Å². The maximum atomic E-state index is 11.7. The van der Waals surface area contributed by atoms with Gasteiger partial charge in [-0.2, -0.15) is 0 Å². The molecule has 0 radical (unpaired) electrons. The fraction of sp³-hybridized carbons (Fsp3) is 0.417. The summed E-state index contributed by atoms with van der Waals surface area (Å²) in [5, 5.41) is 11.3. The van der Waals surface area contributed by atoms with Gasteiger partial charge < -0.3 is 15.2 Å². The van der Waals surface area contributed by atoms with Gasteiger partial charge in [-0.15, -0.1) is 11.3 Å². The van der Waals surface area contributed by atoms with Crippen LogP contribution in [0.4, 0.5) is 5.00 Å². The predicted molar refractivity (Wildman–Crippen MR) is 70.5 cm³/mol. The Kier molecular flexibility index (Phi) is 5.50. The standard InChI is InChI=1S/C12H15NO5S/c1-3-7-5-8(12(17)18-4-2)11(19-7)13-9(14)6-10(15)16/h5H,3-4,6H2,1-2H3,(H,13,14)(H,15,16). The van der Waals surface area contributed by atoms with Crippen LogP contribution in [0.3, 0.4) is 0 Å². The molecule has 0 bridgehead atoms. The Balaban J connectivity index is 2.91. The van der Waals surface area contributed by atoms with E-state index < -0.39 is 24.3 Å². The molecule has 0 atom stereocenters. The Morgan fingerprint density at radius 1 is 1.37 bits per heavy atom. The van der Waals surface area contributed by atoms with E-state index in [2.05, 4.69) is 5.32 Å². The summed E-state index contributed by atoms with van der Waals surface area (Å²) in [7, 11) is 0. The summed E-state index contributed by atoms with van der Waals surface area (Å²) in [6, 6.07) is 1.65. The van der Waals surface area contributed by atoms with E-state index >= 15 is 0 Å². The molecule has 0 aliphatic carbocycles. The number of carbonyl (C=O) groups is 3. The van der Waals surface area contributed by atoms with Gasteiger partial charge in [-0.05, 0) is 19.4 Å². The smallest absolute Gasteiger partial charge is 0.341 e. The number of ether oxygens (including phenoxy) is 1. The first-order valence-electron chi connectivity index (χ1n) is 5.79. The lowest BCUT2D eigenvalue weighted by molar-refractivity contribution is -0.139. The maximum Gasteiger partial charge on any atom is 0.341 e. The monoisotopic (exact) mass is 285 g/mol. The van der Waals surface area contributed by atoms with E-state index in [9.17, 15) is 14.4 Å². The summed E-state index contributed by atoms with van der Waals surface area (Å²) in [6.07, 6.45) is 0.0769. The second-order valence-corrected chi connectivity index (χ2v) is 4.78. The highest BCUT2D eigenvalue weighted by atomic mass is 32.1. The van der Waals surface area contributed by atoms with Crippen LogP contribution in [0.5, 0.6) is 0 Å². The molecular formula is C12H15NO5S. The molecule has 19 heavy (non-hydrogen) atoms. The molecule has 1 rings (SSSR count). The number of hydrogen-bond donors (Lipinski definition) is 2. The van der Waals surface area contributed by atoms with Crippen LogP contribution in [-0.2, 0) is 20.7 Å². The number of hydrogen-bond acceptors (Lipinski definition) is 5. The zero-order valence-electron chi connectivity index (χ0n) is 10.7. The van der Waals surface area contributed by atoms with Crippen molar-refractivity contribution in [3.63, 3.8) is 0 Å². The van der Waals surface area contributed by atoms with Crippen molar-refractivity contribution in [2.24, 2.45) is 0 Å². The highest BCUT2D eigenvalue weighted by Crippen LogP contribution is 2.29. The molecule has 104 valence electrons. The van der Waals surface area contributed by atoms with Crippen molar-refractivity contribution in [3.8, 4) is 0 Å². The zero-order chi connectivity index (χ0) is 14.4. The zero-order valence-corrected chi connectivity index (χ0v) is 11.5. The van der Waals surface area contributed by atoms with Gasteiger partial charge in [0.2, 0.25) is 5.91 Å². The van der Waals surface area contributed by atoms with Crippen LogP contribution in [0.15, 0.2) is 6.07 Å². The average Bonchev–Trinajstić information content (AvgIpc) is 2.71. The number of aryl methyl sites for hydroxylation is 1. The minimum absolute atomic E-state index is 0.235. The molecule has 0 saturated carbocycles. The number of esters is 1. The number of rotatable bonds is 6. The Bertz CT molecular complexity index is 494. The Morgan fingerprint density at radius 2 is 2.05 bits per heavy atom. The van der Waals surface area contributed by atoms with Crippen molar-refractivity contribution >= 4 is 34.2 Å². The van der Waals surface area contributed by atoms with E-state index in [0.29, 0.717) is 11.4 Å². The Labute approximate surface area is 114 Å². The molecule has 0 aromatic carbocycles. The normalized spacial score (nSPS) is 10.0. The third-order valence-corrected chi connectivity index (χ3v) is 3.39. The maximum absolute atomic E-state index is 11.7. The summed E-state index contributed by atoms with van der Waals surface area (Å²) in [4.78, 5) is 34.5. The molecule has 1 aromatic rings. The molecule has 0 unspecified atom stereocenters. The Hall–Kier alpha value is -1.89. The molecule has 1 aromatic heterocycles. The van der Waals surface area contributed by atoms with Crippen molar-refractivity contribution in [3.05, 3.63) is 16.5 Å². The van der Waals surface area contributed by atoms with Crippen LogP contribution in [-0.4, -0.2) is 29.6 Å². The van der Waals surface area contributed by atoms with Crippen molar-refractivity contribution in [1.82, 2.24) is 0 Å². The topological polar surface area (TPSA) is 92.7 Å². The molecule has 7 heteroatoms. The molecule has 2 N–H and O–H groups in total. The van der Waals surface area contributed by atoms with Crippen LogP contribution < -0.4 is 5.32 Å². The number of carbonyl (C=O) groups excluding carboxylic acids is 2. The average molecular weight is 285 g/mol. The number of carboxylic acids is 1. The molecule has 0 fully saturated rings. The predicted octanol–water partition coefficient (Wildman–Crippen LogP) is 1.90. The van der Waals surface area contributed by atoms with Gasteiger partial charge in [-0.25, -0.2) is 4.79 Å². The van der Waals surface area contributed by atoms with Gasteiger partial charge in [0.15, 0.2) is 0 Å². The van der Waals surface area contributed by atoms with E-state index in [1.54, 1.807) is 13.0 Å². The first kappa shape index (κ1) is 15.2. The summed E-state index contributed by atoms with van der Waals surface area (Å²) in [5.74, 6) is -2.41. The van der Waals surface area contributed by atoms with E-state index in [4.69, 9.17) is 9.84 Å². The van der Waals surface area contributed by atoms with Gasteiger partial charge >= 0.3 is 11.9 Å². The molecule has 1 amide bonds. The number of carboxylic acid groups (broad SMARTS) is 1. The van der Waals surface area contributed by atoms with Crippen LogP contribution in [0.25, 0.3) is 0 Å². The highest BCUT2D eigenvalue weighted by molar-refractivity contribution is 7.16. The minimum atomic E-state index is -1.22.